The molecule has 5 heteroatoms. The molecule has 0 radical (unpaired) electrons. The van der Waals surface area contributed by atoms with Crippen molar-refractivity contribution >= 4 is 5.97 Å². The number of hydrogen-bond acceptors (Lipinski definition) is 4. The molecule has 0 aliphatic rings. The molecule has 0 unspecified atom stereocenters. The van der Waals surface area contributed by atoms with Crippen molar-refractivity contribution in [2.24, 2.45) is 0 Å². The second-order valence-electron chi connectivity index (χ2n) is 3.68. The summed E-state index contributed by atoms with van der Waals surface area (Å²) < 4.78 is 6.38. The second-order valence-corrected chi connectivity index (χ2v) is 3.68. The van der Waals surface area contributed by atoms with E-state index >= 15 is 0 Å². The predicted molar refractivity (Wildman–Crippen MR) is 62.2 cm³/mol. The summed E-state index contributed by atoms with van der Waals surface area (Å²) in [4.78, 5) is 15.6. The number of methoxy groups -OCH3 is 1. The molecule has 2 aromatic rings. The maximum Gasteiger partial charge on any atom is 0.338 e. The molecule has 1 aromatic heterocycles. The minimum atomic E-state index is -0.346. The molecule has 0 fully saturated rings. The van der Waals surface area contributed by atoms with E-state index < -0.39 is 0 Å². The number of nitrogens with zero attached hydrogens (tertiary/aromatic N) is 3. The molecule has 0 atom stereocenters. The van der Waals surface area contributed by atoms with E-state index in [2.05, 4.69) is 10.1 Å². The zero-order chi connectivity index (χ0) is 12.4. The quantitative estimate of drug-likeness (QED) is 0.738. The maximum absolute atomic E-state index is 11.6. The predicted octanol–water partition coefficient (Wildman–Crippen LogP) is 1.67. The number of benzene rings is 1. The Morgan fingerprint density at radius 1 is 1.35 bits per heavy atom. The Kier molecular flexibility index (Phi) is 2.91. The van der Waals surface area contributed by atoms with Crippen LogP contribution in [0.2, 0.25) is 0 Å². The van der Waals surface area contributed by atoms with Crippen LogP contribution in [0.1, 0.15) is 21.7 Å². The number of aryl methyl sites for hydroxylation is 1. The average Bonchev–Trinajstić information content (AvgIpc) is 2.75. The Morgan fingerprint density at radius 3 is 2.71 bits per heavy atom. The zero-order valence-corrected chi connectivity index (χ0v) is 9.97. The number of hydrogen-bond donors (Lipinski definition) is 0. The molecule has 0 saturated heterocycles. The number of rotatable bonds is 2. The van der Waals surface area contributed by atoms with Crippen molar-refractivity contribution in [2.45, 2.75) is 13.8 Å². The van der Waals surface area contributed by atoms with Crippen molar-refractivity contribution in [1.82, 2.24) is 14.8 Å². The molecular weight excluding hydrogens is 218 g/mol. The van der Waals surface area contributed by atoms with E-state index in [4.69, 9.17) is 4.74 Å². The summed E-state index contributed by atoms with van der Waals surface area (Å²) in [6.45, 7) is 3.68. The van der Waals surface area contributed by atoms with E-state index in [1.165, 1.54) is 7.11 Å². The van der Waals surface area contributed by atoms with Gasteiger partial charge in [-0.3, -0.25) is 0 Å². The fraction of sp³-hybridized carbons (Fsp3) is 0.250. The van der Waals surface area contributed by atoms with Gasteiger partial charge in [0.15, 0.2) is 0 Å². The SMILES string of the molecule is COC(=O)c1cccc(-n2cnc(C)n2)c1C. The third-order valence-corrected chi connectivity index (χ3v) is 2.56. The summed E-state index contributed by atoms with van der Waals surface area (Å²) >= 11 is 0. The van der Waals surface area contributed by atoms with Gasteiger partial charge in [0.2, 0.25) is 0 Å². The number of esters is 1. The van der Waals surface area contributed by atoms with Crippen molar-refractivity contribution < 1.29 is 9.53 Å². The Bertz CT molecular complexity index is 561. The first-order valence-corrected chi connectivity index (χ1v) is 5.20. The van der Waals surface area contributed by atoms with E-state index in [1.54, 1.807) is 23.1 Å². The molecule has 1 heterocycles. The van der Waals surface area contributed by atoms with Crippen LogP contribution in [0.15, 0.2) is 24.5 Å². The van der Waals surface area contributed by atoms with Crippen LogP contribution in [0.25, 0.3) is 5.69 Å². The number of carbonyl (C=O) groups excluding carboxylic acids is 1. The fourth-order valence-electron chi connectivity index (χ4n) is 1.66. The first-order chi connectivity index (χ1) is 8.13. The lowest BCUT2D eigenvalue weighted by Gasteiger charge is -2.09. The van der Waals surface area contributed by atoms with Gasteiger partial charge < -0.3 is 4.74 Å². The Labute approximate surface area is 99.1 Å². The second kappa shape index (κ2) is 4.37. The van der Waals surface area contributed by atoms with Crippen molar-refractivity contribution in [3.05, 3.63) is 41.5 Å². The molecule has 1 aromatic carbocycles. The molecule has 2 rings (SSSR count). The first kappa shape index (κ1) is 11.3. The highest BCUT2D eigenvalue weighted by molar-refractivity contribution is 5.91. The van der Waals surface area contributed by atoms with E-state index in [0.717, 1.165) is 11.3 Å². The summed E-state index contributed by atoms with van der Waals surface area (Å²) in [5.74, 6) is 0.342. The van der Waals surface area contributed by atoms with Gasteiger partial charge in [-0.05, 0) is 31.5 Å². The Hall–Kier alpha value is -2.17. The van der Waals surface area contributed by atoms with Crippen LogP contribution in [0.5, 0.6) is 0 Å². The topological polar surface area (TPSA) is 57.0 Å². The number of ether oxygens (including phenoxy) is 1. The van der Waals surface area contributed by atoms with Crippen molar-refractivity contribution in [3.8, 4) is 5.69 Å². The van der Waals surface area contributed by atoms with Crippen LogP contribution >= 0.6 is 0 Å². The van der Waals surface area contributed by atoms with Gasteiger partial charge >= 0.3 is 5.97 Å². The lowest BCUT2D eigenvalue weighted by molar-refractivity contribution is 0.0600. The fourth-order valence-corrected chi connectivity index (χ4v) is 1.66. The lowest BCUT2D eigenvalue weighted by Crippen LogP contribution is -2.07. The van der Waals surface area contributed by atoms with Crippen LogP contribution in [-0.2, 0) is 4.74 Å². The summed E-state index contributed by atoms with van der Waals surface area (Å²) in [6.07, 6.45) is 1.62. The van der Waals surface area contributed by atoms with E-state index in [-0.39, 0.29) is 5.97 Å². The molecule has 5 nitrogen and oxygen atoms in total. The smallest absolute Gasteiger partial charge is 0.338 e. The minimum Gasteiger partial charge on any atom is -0.465 e. The highest BCUT2D eigenvalue weighted by atomic mass is 16.5. The monoisotopic (exact) mass is 231 g/mol. The van der Waals surface area contributed by atoms with Crippen molar-refractivity contribution in [1.29, 1.82) is 0 Å². The van der Waals surface area contributed by atoms with Gasteiger partial charge in [0.25, 0.3) is 0 Å². The summed E-state index contributed by atoms with van der Waals surface area (Å²) in [7, 11) is 1.37. The van der Waals surface area contributed by atoms with Crippen LogP contribution < -0.4 is 0 Å². The van der Waals surface area contributed by atoms with Gasteiger partial charge in [0, 0.05) is 0 Å². The minimum absolute atomic E-state index is 0.346. The van der Waals surface area contributed by atoms with Gasteiger partial charge in [-0.2, -0.15) is 5.10 Å². The molecule has 0 spiro atoms. The highest BCUT2D eigenvalue weighted by Gasteiger charge is 2.13. The number of carbonyl (C=O) groups is 1. The molecule has 0 saturated carbocycles. The largest absolute Gasteiger partial charge is 0.465 e. The Balaban J connectivity index is 2.53. The molecule has 0 aliphatic heterocycles. The average molecular weight is 231 g/mol. The molecule has 0 N–H and O–H groups in total. The summed E-state index contributed by atoms with van der Waals surface area (Å²) in [6, 6.07) is 5.41. The van der Waals surface area contributed by atoms with E-state index in [0.29, 0.717) is 11.4 Å². The highest BCUT2D eigenvalue weighted by Crippen LogP contribution is 2.17. The number of aromatic nitrogens is 3. The molecule has 17 heavy (non-hydrogen) atoms. The molecule has 0 bridgehead atoms. The third-order valence-electron chi connectivity index (χ3n) is 2.56. The summed E-state index contributed by atoms with van der Waals surface area (Å²) in [5, 5.41) is 4.22. The van der Waals surface area contributed by atoms with Gasteiger partial charge in [0.1, 0.15) is 12.2 Å². The normalized spacial score (nSPS) is 10.3. The summed E-state index contributed by atoms with van der Waals surface area (Å²) in [5.41, 5.74) is 2.19. The standard InChI is InChI=1S/C12H13N3O2/c1-8-10(12(16)17-3)5-4-6-11(8)15-7-13-9(2)14-15/h4-7H,1-3H3. The molecule has 88 valence electrons. The van der Waals surface area contributed by atoms with Gasteiger partial charge in [-0.15, -0.1) is 0 Å². The Morgan fingerprint density at radius 2 is 2.12 bits per heavy atom. The van der Waals surface area contributed by atoms with Crippen molar-refractivity contribution in [2.75, 3.05) is 7.11 Å². The zero-order valence-electron chi connectivity index (χ0n) is 9.97. The van der Waals surface area contributed by atoms with Gasteiger partial charge in [-0.25, -0.2) is 14.5 Å². The first-order valence-electron chi connectivity index (χ1n) is 5.20. The van der Waals surface area contributed by atoms with E-state index in [1.807, 2.05) is 19.9 Å². The maximum atomic E-state index is 11.6. The van der Waals surface area contributed by atoms with Crippen LogP contribution in [-0.4, -0.2) is 27.8 Å². The van der Waals surface area contributed by atoms with E-state index in [9.17, 15) is 4.79 Å². The van der Waals surface area contributed by atoms with Gasteiger partial charge in [0.05, 0.1) is 18.4 Å². The van der Waals surface area contributed by atoms with Crippen LogP contribution in [0.4, 0.5) is 0 Å². The van der Waals surface area contributed by atoms with Gasteiger partial charge in [-0.1, -0.05) is 6.07 Å². The molecule has 0 amide bonds. The lowest BCUT2D eigenvalue weighted by atomic mass is 10.1. The van der Waals surface area contributed by atoms with Crippen LogP contribution in [0, 0.1) is 13.8 Å². The molecule has 0 aliphatic carbocycles. The van der Waals surface area contributed by atoms with Crippen LogP contribution in [0.3, 0.4) is 0 Å². The third kappa shape index (κ3) is 2.04. The van der Waals surface area contributed by atoms with Crippen molar-refractivity contribution in [3.63, 3.8) is 0 Å². The molecular formula is C12H13N3O2.